The molecule has 3 aromatic rings. The SMILES string of the molecule is Cc1ccc(Sc2ccc(/C=N/NC(=O)c3ccc(Cl)cc3Cl)cc2[N+](=O)[O-])cc1. The van der Waals surface area contributed by atoms with E-state index in [0.29, 0.717) is 15.5 Å². The van der Waals surface area contributed by atoms with Crippen LogP contribution in [0.5, 0.6) is 0 Å². The van der Waals surface area contributed by atoms with Gasteiger partial charge in [-0.2, -0.15) is 5.10 Å². The minimum atomic E-state index is -0.519. The van der Waals surface area contributed by atoms with Crippen molar-refractivity contribution in [3.05, 3.63) is 97.5 Å². The maximum absolute atomic E-state index is 12.2. The zero-order valence-electron chi connectivity index (χ0n) is 15.6. The third-order valence-corrected chi connectivity index (χ3v) is 5.60. The second kappa shape index (κ2) is 9.75. The van der Waals surface area contributed by atoms with Gasteiger partial charge in [-0.3, -0.25) is 14.9 Å². The molecule has 9 heteroatoms. The molecular formula is C21H15Cl2N3O3S. The Morgan fingerprint density at radius 3 is 2.50 bits per heavy atom. The molecule has 0 spiro atoms. The number of rotatable bonds is 6. The molecule has 0 fully saturated rings. The maximum atomic E-state index is 12.2. The highest BCUT2D eigenvalue weighted by Crippen LogP contribution is 2.35. The predicted octanol–water partition coefficient (Wildman–Crippen LogP) is 6.13. The number of nitrogens with one attached hydrogen (secondary N) is 1. The highest BCUT2D eigenvalue weighted by Gasteiger charge is 2.16. The zero-order valence-corrected chi connectivity index (χ0v) is 18.0. The maximum Gasteiger partial charge on any atom is 0.283 e. The Kier molecular flexibility index (Phi) is 7.10. The van der Waals surface area contributed by atoms with Crippen LogP contribution in [0, 0.1) is 17.0 Å². The van der Waals surface area contributed by atoms with E-state index in [0.717, 1.165) is 10.5 Å². The minimum absolute atomic E-state index is 0.0448. The van der Waals surface area contributed by atoms with Crippen LogP contribution < -0.4 is 5.43 Å². The predicted molar refractivity (Wildman–Crippen MR) is 120 cm³/mol. The lowest BCUT2D eigenvalue weighted by molar-refractivity contribution is -0.387. The molecule has 0 radical (unpaired) electrons. The van der Waals surface area contributed by atoms with Crippen LogP contribution in [0.3, 0.4) is 0 Å². The van der Waals surface area contributed by atoms with Crippen molar-refractivity contribution in [2.45, 2.75) is 16.7 Å². The number of nitro benzene ring substituents is 1. The number of hydrogen-bond donors (Lipinski definition) is 1. The second-order valence-electron chi connectivity index (χ2n) is 6.22. The first-order chi connectivity index (χ1) is 14.3. The van der Waals surface area contributed by atoms with Crippen LogP contribution in [0.4, 0.5) is 5.69 Å². The summed E-state index contributed by atoms with van der Waals surface area (Å²) in [6.07, 6.45) is 1.33. The van der Waals surface area contributed by atoms with Gasteiger partial charge in [0.1, 0.15) is 0 Å². The summed E-state index contributed by atoms with van der Waals surface area (Å²) in [4.78, 5) is 24.6. The van der Waals surface area contributed by atoms with E-state index in [9.17, 15) is 14.9 Å². The highest BCUT2D eigenvalue weighted by atomic mass is 35.5. The molecule has 0 heterocycles. The van der Waals surface area contributed by atoms with Crippen molar-refractivity contribution < 1.29 is 9.72 Å². The number of aryl methyl sites for hydroxylation is 1. The van der Waals surface area contributed by atoms with Gasteiger partial charge in [-0.25, -0.2) is 5.43 Å². The summed E-state index contributed by atoms with van der Waals surface area (Å²) in [5.74, 6) is -0.519. The molecule has 0 saturated heterocycles. The molecule has 1 amide bonds. The average Bonchev–Trinajstić information content (AvgIpc) is 2.70. The van der Waals surface area contributed by atoms with Crippen LogP contribution in [-0.4, -0.2) is 17.0 Å². The Bertz CT molecular complexity index is 1130. The molecule has 30 heavy (non-hydrogen) atoms. The number of nitrogens with zero attached hydrogens (tertiary/aromatic N) is 2. The topological polar surface area (TPSA) is 84.6 Å². The lowest BCUT2D eigenvalue weighted by atomic mass is 10.2. The van der Waals surface area contributed by atoms with Gasteiger partial charge in [-0.1, -0.05) is 58.7 Å². The van der Waals surface area contributed by atoms with E-state index in [4.69, 9.17) is 23.2 Å². The summed E-state index contributed by atoms with van der Waals surface area (Å²) in [6.45, 7) is 1.98. The van der Waals surface area contributed by atoms with Crippen LogP contribution in [-0.2, 0) is 0 Å². The Morgan fingerprint density at radius 1 is 1.10 bits per heavy atom. The van der Waals surface area contributed by atoms with Crippen LogP contribution in [0.2, 0.25) is 10.0 Å². The first kappa shape index (κ1) is 21.8. The largest absolute Gasteiger partial charge is 0.283 e. The van der Waals surface area contributed by atoms with E-state index in [2.05, 4.69) is 10.5 Å². The molecule has 0 aliphatic rings. The van der Waals surface area contributed by atoms with Gasteiger partial charge in [0.2, 0.25) is 0 Å². The number of benzene rings is 3. The zero-order chi connectivity index (χ0) is 21.7. The molecule has 0 aliphatic carbocycles. The molecule has 1 N–H and O–H groups in total. The summed E-state index contributed by atoms with van der Waals surface area (Å²) in [5.41, 5.74) is 4.10. The summed E-state index contributed by atoms with van der Waals surface area (Å²) in [6, 6.07) is 17.0. The van der Waals surface area contributed by atoms with Crippen molar-refractivity contribution in [2.75, 3.05) is 0 Å². The lowest BCUT2D eigenvalue weighted by Gasteiger charge is -2.05. The first-order valence-electron chi connectivity index (χ1n) is 8.65. The van der Waals surface area contributed by atoms with Crippen LogP contribution in [0.1, 0.15) is 21.5 Å². The third-order valence-electron chi connectivity index (χ3n) is 3.98. The molecule has 0 aromatic heterocycles. The monoisotopic (exact) mass is 459 g/mol. The fourth-order valence-electron chi connectivity index (χ4n) is 2.48. The number of hydrazone groups is 1. The molecule has 152 valence electrons. The minimum Gasteiger partial charge on any atom is -0.267 e. The summed E-state index contributed by atoms with van der Waals surface area (Å²) < 4.78 is 0. The van der Waals surface area contributed by atoms with Crippen molar-refractivity contribution >= 4 is 52.8 Å². The number of nitro groups is 1. The van der Waals surface area contributed by atoms with E-state index in [1.54, 1.807) is 18.2 Å². The number of halogens is 2. The van der Waals surface area contributed by atoms with Crippen molar-refractivity contribution in [3.63, 3.8) is 0 Å². The lowest BCUT2D eigenvalue weighted by Crippen LogP contribution is -2.18. The third kappa shape index (κ3) is 5.60. The molecule has 0 bridgehead atoms. The van der Waals surface area contributed by atoms with Crippen LogP contribution in [0.25, 0.3) is 0 Å². The number of hydrogen-bond acceptors (Lipinski definition) is 5. The second-order valence-corrected chi connectivity index (χ2v) is 8.18. The van der Waals surface area contributed by atoms with Gasteiger partial charge in [0.05, 0.1) is 26.6 Å². The summed E-state index contributed by atoms with van der Waals surface area (Å²) in [7, 11) is 0. The van der Waals surface area contributed by atoms with Gasteiger partial charge in [0, 0.05) is 21.5 Å². The number of carbonyl (C=O) groups excluding carboxylic acids is 1. The Hall–Kier alpha value is -2.87. The molecule has 0 saturated carbocycles. The van der Waals surface area contributed by atoms with Crippen molar-refractivity contribution in [1.29, 1.82) is 0 Å². The van der Waals surface area contributed by atoms with Crippen molar-refractivity contribution in [3.8, 4) is 0 Å². The Morgan fingerprint density at radius 2 is 1.83 bits per heavy atom. The molecule has 6 nitrogen and oxygen atoms in total. The fraction of sp³-hybridized carbons (Fsp3) is 0.0476. The number of carbonyl (C=O) groups is 1. The first-order valence-corrected chi connectivity index (χ1v) is 10.2. The van der Waals surface area contributed by atoms with E-state index in [1.165, 1.54) is 36.2 Å². The van der Waals surface area contributed by atoms with Gasteiger partial charge in [-0.15, -0.1) is 0 Å². The number of amides is 1. The summed E-state index contributed by atoms with van der Waals surface area (Å²) >= 11 is 13.1. The van der Waals surface area contributed by atoms with E-state index in [-0.39, 0.29) is 16.3 Å². The molecule has 0 unspecified atom stereocenters. The Balaban J connectivity index is 1.74. The fourth-order valence-corrected chi connectivity index (χ4v) is 3.87. The quantitative estimate of drug-likeness (QED) is 0.273. The van der Waals surface area contributed by atoms with Crippen LogP contribution in [0.15, 0.2) is 75.6 Å². The summed E-state index contributed by atoms with van der Waals surface area (Å²) in [5, 5.41) is 16.0. The highest BCUT2D eigenvalue weighted by molar-refractivity contribution is 7.99. The molecule has 3 aromatic carbocycles. The normalized spacial score (nSPS) is 10.9. The van der Waals surface area contributed by atoms with Crippen molar-refractivity contribution in [1.82, 2.24) is 5.43 Å². The van der Waals surface area contributed by atoms with E-state index >= 15 is 0 Å². The molecule has 0 atom stereocenters. The standard InChI is InChI=1S/C21H15Cl2N3O3S/c1-13-2-6-16(7-3-13)30-20-9-4-14(10-19(20)26(28)29)12-24-25-21(27)17-8-5-15(22)11-18(17)23/h2-12H,1H3,(H,25,27)/b24-12+. The van der Waals surface area contributed by atoms with Gasteiger partial charge in [0.25, 0.3) is 11.6 Å². The van der Waals surface area contributed by atoms with E-state index < -0.39 is 10.8 Å². The molecule has 0 aliphatic heterocycles. The van der Waals surface area contributed by atoms with Gasteiger partial charge in [0.15, 0.2) is 0 Å². The molecule has 3 rings (SSSR count). The van der Waals surface area contributed by atoms with Gasteiger partial charge in [-0.05, 0) is 43.3 Å². The smallest absolute Gasteiger partial charge is 0.267 e. The Labute approximate surface area is 187 Å². The molecular weight excluding hydrogens is 445 g/mol. The van der Waals surface area contributed by atoms with Crippen LogP contribution >= 0.6 is 35.0 Å². The van der Waals surface area contributed by atoms with Gasteiger partial charge >= 0.3 is 0 Å². The average molecular weight is 460 g/mol. The van der Waals surface area contributed by atoms with E-state index in [1.807, 2.05) is 31.2 Å². The van der Waals surface area contributed by atoms with Crippen molar-refractivity contribution in [2.24, 2.45) is 5.10 Å². The van der Waals surface area contributed by atoms with Gasteiger partial charge < -0.3 is 0 Å².